The van der Waals surface area contributed by atoms with Crippen molar-refractivity contribution in [3.05, 3.63) is 66.2 Å². The van der Waals surface area contributed by atoms with Gasteiger partial charge in [0.2, 0.25) is 5.91 Å². The van der Waals surface area contributed by atoms with Crippen molar-refractivity contribution in [1.29, 1.82) is 0 Å². The van der Waals surface area contributed by atoms with Gasteiger partial charge >= 0.3 is 0 Å². The van der Waals surface area contributed by atoms with Crippen molar-refractivity contribution in [2.45, 2.75) is 24.2 Å². The molecule has 1 atom stereocenters. The molecule has 0 saturated heterocycles. The monoisotopic (exact) mass is 331 g/mol. The first-order valence-electron chi connectivity index (χ1n) is 7.58. The molecule has 0 heterocycles. The minimum Gasteiger partial charge on any atom is -0.355 e. The quantitative estimate of drug-likeness (QED) is 0.848. The number of sulfone groups is 1. The molecule has 2 rings (SSSR count). The number of amides is 1. The van der Waals surface area contributed by atoms with Crippen LogP contribution in [0, 0.1) is 0 Å². The van der Waals surface area contributed by atoms with E-state index < -0.39 is 9.84 Å². The van der Waals surface area contributed by atoms with Gasteiger partial charge in [0.15, 0.2) is 9.84 Å². The molecule has 0 aliphatic heterocycles. The number of hydrogen-bond acceptors (Lipinski definition) is 3. The van der Waals surface area contributed by atoms with Gasteiger partial charge < -0.3 is 5.32 Å². The summed E-state index contributed by atoms with van der Waals surface area (Å²) in [4.78, 5) is 12.1. The van der Waals surface area contributed by atoms with Crippen molar-refractivity contribution >= 4 is 15.7 Å². The van der Waals surface area contributed by atoms with Gasteiger partial charge in [0.05, 0.1) is 10.6 Å². The summed E-state index contributed by atoms with van der Waals surface area (Å²) in [7, 11) is -3.41. The highest BCUT2D eigenvalue weighted by Gasteiger charge is 2.16. The van der Waals surface area contributed by atoms with Crippen molar-refractivity contribution in [2.75, 3.05) is 12.3 Å². The Labute approximate surface area is 137 Å². The van der Waals surface area contributed by atoms with Crippen LogP contribution in [0.25, 0.3) is 0 Å². The second-order valence-electron chi connectivity index (χ2n) is 5.50. The van der Waals surface area contributed by atoms with Crippen LogP contribution < -0.4 is 5.32 Å². The number of nitrogens with one attached hydrogen (secondary N) is 1. The number of rotatable bonds is 7. The number of carbonyl (C=O) groups is 1. The molecule has 0 aromatic heterocycles. The highest BCUT2D eigenvalue weighted by molar-refractivity contribution is 7.91. The molecule has 5 heteroatoms. The molecule has 0 aliphatic rings. The normalized spacial score (nSPS) is 12.6. The Morgan fingerprint density at radius 3 is 2.17 bits per heavy atom. The Morgan fingerprint density at radius 2 is 1.57 bits per heavy atom. The second kappa shape index (κ2) is 7.92. The molecule has 0 aliphatic carbocycles. The molecule has 0 bridgehead atoms. The van der Waals surface area contributed by atoms with E-state index in [1.165, 1.54) is 0 Å². The predicted octanol–water partition coefficient (Wildman–Crippen LogP) is 2.77. The maximum atomic E-state index is 12.1. The molecule has 1 amide bonds. The minimum absolute atomic E-state index is 0.0290. The summed E-state index contributed by atoms with van der Waals surface area (Å²) in [5.41, 5.74) is 1.14. The van der Waals surface area contributed by atoms with E-state index in [2.05, 4.69) is 5.32 Å². The Balaban J connectivity index is 1.82. The van der Waals surface area contributed by atoms with Gasteiger partial charge in [-0.2, -0.15) is 0 Å². The maximum Gasteiger partial charge on any atom is 0.221 e. The Bertz CT molecular complexity index is 727. The number of carbonyl (C=O) groups excluding carboxylic acids is 1. The highest BCUT2D eigenvalue weighted by atomic mass is 32.2. The largest absolute Gasteiger partial charge is 0.355 e. The molecule has 4 nitrogen and oxygen atoms in total. The number of hydrogen-bond donors (Lipinski definition) is 1. The van der Waals surface area contributed by atoms with E-state index in [0.29, 0.717) is 6.54 Å². The summed E-state index contributed by atoms with van der Waals surface area (Å²) in [5, 5.41) is 2.80. The lowest BCUT2D eigenvalue weighted by Gasteiger charge is -2.13. The lowest BCUT2D eigenvalue weighted by molar-refractivity contribution is -0.120. The lowest BCUT2D eigenvalue weighted by Crippen LogP contribution is -2.29. The smallest absolute Gasteiger partial charge is 0.221 e. The Morgan fingerprint density at radius 1 is 1.00 bits per heavy atom. The summed E-state index contributed by atoms with van der Waals surface area (Å²) >= 11 is 0. The fraction of sp³-hybridized carbons (Fsp3) is 0.278. The molecule has 2 aromatic carbocycles. The third-order valence-electron chi connectivity index (χ3n) is 3.67. The zero-order valence-corrected chi connectivity index (χ0v) is 13.9. The van der Waals surface area contributed by atoms with Crippen molar-refractivity contribution in [3.8, 4) is 0 Å². The van der Waals surface area contributed by atoms with Crippen LogP contribution in [0.15, 0.2) is 65.6 Å². The molecule has 122 valence electrons. The summed E-state index contributed by atoms with van der Waals surface area (Å²) in [6.07, 6.45) is -0.0290. The third-order valence-corrected chi connectivity index (χ3v) is 5.41. The maximum absolute atomic E-state index is 12.1. The lowest BCUT2D eigenvalue weighted by atomic mass is 10.0. The van der Waals surface area contributed by atoms with Crippen LogP contribution in [0.2, 0.25) is 0 Å². The van der Waals surface area contributed by atoms with Gasteiger partial charge in [-0.15, -0.1) is 0 Å². The second-order valence-corrected chi connectivity index (χ2v) is 7.61. The van der Waals surface area contributed by atoms with Crippen molar-refractivity contribution in [1.82, 2.24) is 5.32 Å². The van der Waals surface area contributed by atoms with E-state index in [1.54, 1.807) is 30.3 Å². The van der Waals surface area contributed by atoms with Crippen LogP contribution in [-0.2, 0) is 14.6 Å². The van der Waals surface area contributed by atoms with E-state index in [-0.39, 0.29) is 28.9 Å². The van der Waals surface area contributed by atoms with E-state index in [9.17, 15) is 13.2 Å². The van der Waals surface area contributed by atoms with Gasteiger partial charge in [0.1, 0.15) is 0 Å². The molecule has 0 fully saturated rings. The van der Waals surface area contributed by atoms with Gasteiger partial charge in [-0.3, -0.25) is 4.79 Å². The fourth-order valence-corrected chi connectivity index (χ4v) is 3.49. The molecule has 0 saturated carbocycles. The standard InChI is InChI=1S/C18H21NO3S/c1-15(16-8-4-2-5-9-16)14-19-18(20)12-13-23(21,22)17-10-6-3-7-11-17/h2-11,15H,12-14H2,1H3,(H,19,20)/t15-/m0/s1. The molecule has 0 radical (unpaired) electrons. The minimum atomic E-state index is -3.41. The van der Waals surface area contributed by atoms with E-state index in [1.807, 2.05) is 37.3 Å². The van der Waals surface area contributed by atoms with Crippen molar-refractivity contribution < 1.29 is 13.2 Å². The van der Waals surface area contributed by atoms with Gasteiger partial charge in [0.25, 0.3) is 0 Å². The summed E-state index contributed by atoms with van der Waals surface area (Å²) < 4.78 is 24.2. The van der Waals surface area contributed by atoms with E-state index in [4.69, 9.17) is 0 Å². The van der Waals surface area contributed by atoms with Crippen LogP contribution in [0.1, 0.15) is 24.8 Å². The van der Waals surface area contributed by atoms with Gasteiger partial charge in [-0.25, -0.2) is 8.42 Å². The van der Waals surface area contributed by atoms with Crippen LogP contribution in [0.3, 0.4) is 0 Å². The number of benzene rings is 2. The van der Waals surface area contributed by atoms with Crippen LogP contribution >= 0.6 is 0 Å². The van der Waals surface area contributed by atoms with Gasteiger partial charge in [-0.05, 0) is 23.6 Å². The molecular formula is C18H21NO3S. The first kappa shape index (κ1) is 17.2. The van der Waals surface area contributed by atoms with Crippen molar-refractivity contribution in [3.63, 3.8) is 0 Å². The zero-order valence-electron chi connectivity index (χ0n) is 13.1. The van der Waals surface area contributed by atoms with E-state index >= 15 is 0 Å². The van der Waals surface area contributed by atoms with Crippen LogP contribution in [0.4, 0.5) is 0 Å². The molecule has 0 unspecified atom stereocenters. The highest BCUT2D eigenvalue weighted by Crippen LogP contribution is 2.14. The average Bonchev–Trinajstić information content (AvgIpc) is 2.59. The fourth-order valence-electron chi connectivity index (χ4n) is 2.23. The zero-order chi connectivity index (χ0) is 16.7. The molecule has 0 spiro atoms. The van der Waals surface area contributed by atoms with Crippen LogP contribution in [-0.4, -0.2) is 26.6 Å². The molecule has 2 aromatic rings. The predicted molar refractivity (Wildman–Crippen MR) is 91.0 cm³/mol. The van der Waals surface area contributed by atoms with E-state index in [0.717, 1.165) is 5.56 Å². The molecule has 1 N–H and O–H groups in total. The topological polar surface area (TPSA) is 63.2 Å². The first-order chi connectivity index (χ1) is 11.0. The third kappa shape index (κ3) is 5.21. The first-order valence-corrected chi connectivity index (χ1v) is 9.24. The Hall–Kier alpha value is -2.14. The van der Waals surface area contributed by atoms with Crippen LogP contribution in [0.5, 0.6) is 0 Å². The Kier molecular flexibility index (Phi) is 5.93. The SMILES string of the molecule is C[C@@H](CNC(=O)CCS(=O)(=O)c1ccccc1)c1ccccc1. The van der Waals surface area contributed by atoms with Gasteiger partial charge in [-0.1, -0.05) is 55.5 Å². The average molecular weight is 331 g/mol. The summed E-state index contributed by atoms with van der Waals surface area (Å²) in [6, 6.07) is 18.1. The summed E-state index contributed by atoms with van der Waals surface area (Å²) in [6.45, 7) is 2.52. The summed E-state index contributed by atoms with van der Waals surface area (Å²) in [5.74, 6) is -0.235. The molecular weight excluding hydrogens is 310 g/mol. The van der Waals surface area contributed by atoms with Gasteiger partial charge in [0, 0.05) is 13.0 Å². The molecule has 23 heavy (non-hydrogen) atoms. The van der Waals surface area contributed by atoms with Crippen molar-refractivity contribution in [2.24, 2.45) is 0 Å².